The maximum absolute atomic E-state index is 11.8. The third-order valence-electron chi connectivity index (χ3n) is 3.21. The van der Waals surface area contributed by atoms with E-state index in [4.69, 9.17) is 4.74 Å². The molecule has 8 heteroatoms. The number of H-pyrrole nitrogens is 1. The third kappa shape index (κ3) is 4.21. The van der Waals surface area contributed by atoms with Crippen LogP contribution in [0.1, 0.15) is 19.8 Å². The number of hydrogen-bond acceptors (Lipinski definition) is 5. The van der Waals surface area contributed by atoms with Gasteiger partial charge in [0.05, 0.1) is 17.9 Å². The lowest BCUT2D eigenvalue weighted by molar-refractivity contribution is -0.120. The van der Waals surface area contributed by atoms with Crippen LogP contribution in [0.25, 0.3) is 0 Å². The largest absolute Gasteiger partial charge is 0.376 e. The molecule has 1 aromatic rings. The smallest absolute Gasteiger partial charge is 0.344 e. The van der Waals surface area contributed by atoms with Crippen molar-refractivity contribution in [3.8, 4) is 0 Å². The van der Waals surface area contributed by atoms with Crippen LogP contribution in [0.3, 0.4) is 0 Å². The number of thioether (sulfide) groups is 1. The molecule has 21 heavy (non-hydrogen) atoms. The van der Waals surface area contributed by atoms with Gasteiger partial charge in [-0.15, -0.1) is 11.7 Å². The second-order valence-corrected chi connectivity index (χ2v) is 6.16. The summed E-state index contributed by atoms with van der Waals surface area (Å²) in [5.41, 5.74) is -0.272. The highest BCUT2D eigenvalue weighted by atomic mass is 32.2. The Morgan fingerprint density at radius 2 is 2.57 bits per heavy atom. The maximum atomic E-state index is 11.8. The number of aromatic nitrogens is 3. The van der Waals surface area contributed by atoms with Gasteiger partial charge in [-0.25, -0.2) is 9.89 Å². The van der Waals surface area contributed by atoms with Crippen LogP contribution in [0, 0.1) is 0 Å². The van der Waals surface area contributed by atoms with Crippen LogP contribution in [0.15, 0.2) is 22.6 Å². The predicted molar refractivity (Wildman–Crippen MR) is 80.3 cm³/mol. The summed E-state index contributed by atoms with van der Waals surface area (Å²) in [6.45, 7) is 6.96. The Morgan fingerprint density at radius 1 is 1.76 bits per heavy atom. The monoisotopic (exact) mass is 312 g/mol. The number of nitrogens with one attached hydrogen (secondary N) is 2. The molecule has 1 amide bonds. The fourth-order valence-electron chi connectivity index (χ4n) is 2.07. The molecular weight excluding hydrogens is 292 g/mol. The molecule has 1 saturated heterocycles. The molecule has 2 rings (SSSR count). The molecule has 2 N–H and O–H groups in total. The highest BCUT2D eigenvalue weighted by Crippen LogP contribution is 2.21. The van der Waals surface area contributed by atoms with E-state index in [1.165, 1.54) is 16.3 Å². The molecule has 2 atom stereocenters. The zero-order valence-electron chi connectivity index (χ0n) is 12.0. The zero-order chi connectivity index (χ0) is 15.2. The van der Waals surface area contributed by atoms with Crippen molar-refractivity contribution in [3.05, 3.63) is 23.1 Å². The highest BCUT2D eigenvalue weighted by Gasteiger charge is 2.22. The van der Waals surface area contributed by atoms with Crippen LogP contribution in [-0.4, -0.2) is 45.2 Å². The second-order valence-electron chi connectivity index (χ2n) is 4.85. The van der Waals surface area contributed by atoms with Gasteiger partial charge >= 0.3 is 5.69 Å². The van der Waals surface area contributed by atoms with Crippen molar-refractivity contribution in [2.75, 3.05) is 13.2 Å². The van der Waals surface area contributed by atoms with Crippen LogP contribution < -0.4 is 11.0 Å². The standard InChI is InChI=1S/C13H20N4O3S/c1-3-6-14-11(18)9(2)21-13-16-15-12(19)17(13)8-10-5-4-7-20-10/h3,9-10H,1,4-8H2,2H3,(H,14,18)(H,15,19)/t9-,10+/m1/s1. The van der Waals surface area contributed by atoms with Crippen LogP contribution in [-0.2, 0) is 16.1 Å². The highest BCUT2D eigenvalue weighted by molar-refractivity contribution is 8.00. The molecular formula is C13H20N4O3S. The molecule has 0 bridgehead atoms. The first-order valence-corrected chi connectivity index (χ1v) is 7.82. The van der Waals surface area contributed by atoms with E-state index in [0.717, 1.165) is 19.4 Å². The Hall–Kier alpha value is -1.54. The van der Waals surface area contributed by atoms with Crippen molar-refractivity contribution in [1.82, 2.24) is 20.1 Å². The summed E-state index contributed by atoms with van der Waals surface area (Å²) in [5.74, 6) is -0.112. The number of carbonyl (C=O) groups is 1. The van der Waals surface area contributed by atoms with E-state index < -0.39 is 0 Å². The van der Waals surface area contributed by atoms with Crippen LogP contribution in [0.4, 0.5) is 0 Å². The number of rotatable bonds is 7. The number of carbonyl (C=O) groups excluding carboxylic acids is 1. The predicted octanol–water partition coefficient (Wildman–Crippen LogP) is 0.533. The summed E-state index contributed by atoms with van der Waals surface area (Å²) in [7, 11) is 0. The SMILES string of the molecule is C=CCNC(=O)[C@@H](C)Sc1n[nH]c(=O)n1C[C@@H]1CCCO1. The van der Waals surface area contributed by atoms with Gasteiger partial charge in [0.15, 0.2) is 5.16 Å². The van der Waals surface area contributed by atoms with E-state index in [9.17, 15) is 9.59 Å². The Labute approximate surface area is 127 Å². The zero-order valence-corrected chi connectivity index (χ0v) is 12.8. The average molecular weight is 312 g/mol. The minimum absolute atomic E-state index is 0.0459. The van der Waals surface area contributed by atoms with E-state index in [2.05, 4.69) is 22.1 Å². The van der Waals surface area contributed by atoms with Crippen LogP contribution >= 0.6 is 11.8 Å². The molecule has 0 aromatic carbocycles. The summed E-state index contributed by atoms with van der Waals surface area (Å²) in [5, 5.41) is 9.32. The molecule has 1 aliphatic heterocycles. The Morgan fingerprint density at radius 3 is 3.24 bits per heavy atom. The quantitative estimate of drug-likeness (QED) is 0.566. The molecule has 1 fully saturated rings. The third-order valence-corrected chi connectivity index (χ3v) is 4.30. The topological polar surface area (TPSA) is 89.0 Å². The average Bonchev–Trinajstić information content (AvgIpc) is 3.09. The van der Waals surface area contributed by atoms with Crippen molar-refractivity contribution < 1.29 is 9.53 Å². The van der Waals surface area contributed by atoms with E-state index in [1.807, 2.05) is 0 Å². The van der Waals surface area contributed by atoms with E-state index >= 15 is 0 Å². The lowest BCUT2D eigenvalue weighted by Crippen LogP contribution is -2.31. The molecule has 1 aliphatic rings. The van der Waals surface area contributed by atoms with Gasteiger partial charge in [-0.2, -0.15) is 0 Å². The lowest BCUT2D eigenvalue weighted by Gasteiger charge is -2.13. The van der Waals surface area contributed by atoms with Gasteiger partial charge in [0, 0.05) is 13.2 Å². The minimum Gasteiger partial charge on any atom is -0.376 e. The van der Waals surface area contributed by atoms with Gasteiger partial charge in [0.25, 0.3) is 0 Å². The van der Waals surface area contributed by atoms with Gasteiger partial charge in [-0.1, -0.05) is 17.8 Å². The summed E-state index contributed by atoms with van der Waals surface area (Å²) in [6.07, 6.45) is 3.62. The van der Waals surface area contributed by atoms with E-state index in [-0.39, 0.29) is 23.0 Å². The number of hydrogen-bond donors (Lipinski definition) is 2. The molecule has 0 unspecified atom stereocenters. The summed E-state index contributed by atoms with van der Waals surface area (Å²) >= 11 is 1.25. The van der Waals surface area contributed by atoms with Crippen molar-refractivity contribution in [2.24, 2.45) is 0 Å². The fourth-order valence-corrected chi connectivity index (χ4v) is 2.96. The van der Waals surface area contributed by atoms with Crippen molar-refractivity contribution in [1.29, 1.82) is 0 Å². The van der Waals surface area contributed by atoms with Gasteiger partial charge in [0.2, 0.25) is 5.91 Å². The number of nitrogens with zero attached hydrogens (tertiary/aromatic N) is 2. The van der Waals surface area contributed by atoms with Crippen LogP contribution in [0.5, 0.6) is 0 Å². The number of amides is 1. The molecule has 2 heterocycles. The first kappa shape index (κ1) is 15.8. The Bertz CT molecular complexity index is 548. The van der Waals surface area contributed by atoms with Crippen molar-refractivity contribution in [3.63, 3.8) is 0 Å². The first-order chi connectivity index (χ1) is 10.1. The Balaban J connectivity index is 2.00. The van der Waals surface area contributed by atoms with E-state index in [0.29, 0.717) is 18.2 Å². The molecule has 0 radical (unpaired) electrons. The van der Waals surface area contributed by atoms with Gasteiger partial charge < -0.3 is 10.1 Å². The molecule has 0 spiro atoms. The van der Waals surface area contributed by atoms with Gasteiger partial charge in [-0.05, 0) is 19.8 Å². The minimum atomic E-state index is -0.344. The molecule has 116 valence electrons. The molecule has 1 aromatic heterocycles. The molecule has 7 nitrogen and oxygen atoms in total. The van der Waals surface area contributed by atoms with Crippen molar-refractivity contribution in [2.45, 2.75) is 42.8 Å². The molecule has 0 saturated carbocycles. The Kier molecular flexibility index (Phi) is 5.63. The summed E-state index contributed by atoms with van der Waals surface area (Å²) < 4.78 is 7.08. The second kappa shape index (κ2) is 7.46. The van der Waals surface area contributed by atoms with E-state index in [1.54, 1.807) is 13.0 Å². The number of aromatic amines is 1. The van der Waals surface area contributed by atoms with Crippen molar-refractivity contribution >= 4 is 17.7 Å². The summed E-state index contributed by atoms with van der Waals surface area (Å²) in [4.78, 5) is 23.7. The maximum Gasteiger partial charge on any atom is 0.344 e. The van der Waals surface area contributed by atoms with Gasteiger partial charge in [0.1, 0.15) is 0 Å². The fraction of sp³-hybridized carbons (Fsp3) is 0.615. The van der Waals surface area contributed by atoms with Crippen LogP contribution in [0.2, 0.25) is 0 Å². The lowest BCUT2D eigenvalue weighted by atomic mass is 10.2. The normalized spacial score (nSPS) is 19.4. The van der Waals surface area contributed by atoms with Gasteiger partial charge in [-0.3, -0.25) is 9.36 Å². The molecule has 0 aliphatic carbocycles. The summed E-state index contributed by atoms with van der Waals surface area (Å²) in [6, 6.07) is 0. The number of ether oxygens (including phenoxy) is 1. The first-order valence-electron chi connectivity index (χ1n) is 6.94.